The topological polar surface area (TPSA) is 44.8 Å². The van der Waals surface area contributed by atoms with Gasteiger partial charge in [-0.15, -0.1) is 0 Å². The van der Waals surface area contributed by atoms with Gasteiger partial charge in [0.25, 0.3) is 0 Å². The molecule has 0 aromatic rings. The summed E-state index contributed by atoms with van der Waals surface area (Å²) in [6.45, 7) is 12.2. The van der Waals surface area contributed by atoms with Crippen molar-refractivity contribution < 1.29 is 19.0 Å². The number of carbonyl (C=O) groups is 1. The van der Waals surface area contributed by atoms with Gasteiger partial charge in [0.05, 0.1) is 27.9 Å². The smallest absolute Gasteiger partial charge is 0.330 e. The highest BCUT2D eigenvalue weighted by molar-refractivity contribution is 6.79. The molecule has 0 unspecified atom stereocenters. The van der Waals surface area contributed by atoms with E-state index in [1.807, 2.05) is 0 Å². The fraction of sp³-hybridized carbons (Fsp3) is 0.885. The summed E-state index contributed by atoms with van der Waals surface area (Å²) in [6.07, 6.45) is 18.4. The summed E-state index contributed by atoms with van der Waals surface area (Å²) < 4.78 is 16.7. The predicted octanol–water partition coefficient (Wildman–Crippen LogP) is 7.48. The normalized spacial score (nSPS) is 11.6. The fourth-order valence-electron chi connectivity index (χ4n) is 4.14. The Morgan fingerprint density at radius 1 is 0.677 bits per heavy atom. The monoisotopic (exact) mass is 456 g/mol. The van der Waals surface area contributed by atoms with E-state index >= 15 is 0 Å². The molecule has 0 heterocycles. The average molecular weight is 457 g/mol. The summed E-state index contributed by atoms with van der Waals surface area (Å²) in [4.78, 5) is 11.0. The van der Waals surface area contributed by atoms with Gasteiger partial charge in [0, 0.05) is 12.3 Å². The first-order valence-electron chi connectivity index (χ1n) is 13.1. The van der Waals surface area contributed by atoms with Crippen LogP contribution in [0.1, 0.15) is 97.8 Å². The van der Waals surface area contributed by atoms with Crippen molar-refractivity contribution in [3.8, 4) is 0 Å². The number of hydrogen-bond donors (Lipinski definition) is 0. The van der Waals surface area contributed by atoms with E-state index in [1.165, 1.54) is 101 Å². The number of hydrogen-bond acceptors (Lipinski definition) is 4. The number of esters is 1. The molecule has 184 valence electrons. The van der Waals surface area contributed by atoms with E-state index in [0.717, 1.165) is 6.23 Å². The summed E-state index contributed by atoms with van der Waals surface area (Å²) >= 11 is 0. The Morgan fingerprint density at radius 3 is 1.58 bits per heavy atom. The van der Waals surface area contributed by atoms with Gasteiger partial charge in [-0.25, -0.2) is 4.79 Å². The lowest BCUT2D eigenvalue weighted by molar-refractivity contribution is -0.139. The first-order valence-corrected chi connectivity index (χ1v) is 15.9. The van der Waals surface area contributed by atoms with Gasteiger partial charge in [0.15, 0.2) is 0 Å². The van der Waals surface area contributed by atoms with E-state index in [-0.39, 0.29) is 6.61 Å². The molecule has 0 aliphatic carbocycles. The third-order valence-corrected chi connectivity index (χ3v) is 11.2. The SMILES string of the molecule is C=CC(=O)OCCOCCOC[Si](CCCCCC)(CCCCCC)CCCCCC. The quantitative estimate of drug-likeness (QED) is 0.0653. The largest absolute Gasteiger partial charge is 0.460 e. The molecule has 0 aromatic carbocycles. The number of ether oxygens (including phenoxy) is 3. The molecule has 0 saturated carbocycles. The Labute approximate surface area is 194 Å². The number of carbonyl (C=O) groups excluding carboxylic acids is 1. The van der Waals surface area contributed by atoms with Crippen LogP contribution in [0.2, 0.25) is 18.1 Å². The van der Waals surface area contributed by atoms with Crippen LogP contribution >= 0.6 is 0 Å². The highest BCUT2D eigenvalue weighted by Crippen LogP contribution is 2.30. The van der Waals surface area contributed by atoms with Crippen LogP contribution in [0.5, 0.6) is 0 Å². The molecule has 0 atom stereocenters. The Hall–Kier alpha value is -0.653. The van der Waals surface area contributed by atoms with Gasteiger partial charge >= 0.3 is 5.97 Å². The van der Waals surface area contributed by atoms with Crippen LogP contribution in [0.4, 0.5) is 0 Å². The van der Waals surface area contributed by atoms with E-state index in [0.29, 0.717) is 19.8 Å². The Balaban J connectivity index is 4.53. The Kier molecular flexibility index (Phi) is 22.1. The maximum Gasteiger partial charge on any atom is 0.330 e. The standard InChI is InChI=1S/C26H52O4Si/c1-5-9-12-15-22-31(23-16-13-10-6-2,24-17-14-11-7-3)25-29-19-18-28-20-21-30-26(27)8-4/h8H,4-7,9-25H2,1-3H3. The lowest BCUT2D eigenvalue weighted by Gasteiger charge is -2.32. The highest BCUT2D eigenvalue weighted by Gasteiger charge is 2.31. The molecule has 0 rings (SSSR count). The van der Waals surface area contributed by atoms with Crippen LogP contribution in [0.15, 0.2) is 12.7 Å². The van der Waals surface area contributed by atoms with Crippen molar-refractivity contribution in [2.45, 2.75) is 116 Å². The third kappa shape index (κ3) is 18.6. The molecule has 0 radical (unpaired) electrons. The van der Waals surface area contributed by atoms with Gasteiger partial charge in [0.2, 0.25) is 0 Å². The molecule has 4 nitrogen and oxygen atoms in total. The van der Waals surface area contributed by atoms with Crippen LogP contribution in [-0.4, -0.2) is 46.7 Å². The van der Waals surface area contributed by atoms with Crippen molar-refractivity contribution in [3.05, 3.63) is 12.7 Å². The Bertz CT molecular complexity index is 383. The average Bonchev–Trinajstić information content (AvgIpc) is 2.78. The molecule has 0 fully saturated rings. The second-order valence-corrected chi connectivity index (χ2v) is 13.8. The molecule has 31 heavy (non-hydrogen) atoms. The molecular formula is C26H52O4Si. The number of rotatable bonds is 24. The Morgan fingerprint density at radius 2 is 1.13 bits per heavy atom. The van der Waals surface area contributed by atoms with Gasteiger partial charge < -0.3 is 14.2 Å². The van der Waals surface area contributed by atoms with E-state index in [2.05, 4.69) is 27.4 Å². The van der Waals surface area contributed by atoms with Crippen molar-refractivity contribution in [2.24, 2.45) is 0 Å². The van der Waals surface area contributed by atoms with Crippen molar-refractivity contribution in [3.63, 3.8) is 0 Å². The minimum absolute atomic E-state index is 0.274. The fourth-order valence-corrected chi connectivity index (χ4v) is 8.90. The third-order valence-electron chi connectivity index (χ3n) is 6.10. The molecule has 0 aliphatic rings. The summed E-state index contributed by atoms with van der Waals surface area (Å²) in [5.74, 6) is -0.398. The first kappa shape index (κ1) is 30.3. The molecule has 0 bridgehead atoms. The zero-order chi connectivity index (χ0) is 23.0. The number of unbranched alkanes of at least 4 members (excludes halogenated alkanes) is 9. The molecule has 5 heteroatoms. The second-order valence-electron chi connectivity index (χ2n) is 8.97. The predicted molar refractivity (Wildman–Crippen MR) is 135 cm³/mol. The van der Waals surface area contributed by atoms with Gasteiger partial charge in [-0.3, -0.25) is 0 Å². The molecule has 0 amide bonds. The van der Waals surface area contributed by atoms with Crippen LogP contribution < -0.4 is 0 Å². The van der Waals surface area contributed by atoms with Crippen molar-refractivity contribution in [2.75, 3.05) is 32.7 Å². The van der Waals surface area contributed by atoms with Gasteiger partial charge in [-0.05, 0) is 0 Å². The van der Waals surface area contributed by atoms with Gasteiger partial charge in [-0.1, -0.05) is 123 Å². The summed E-state index contributed by atoms with van der Waals surface area (Å²) in [5, 5.41) is 0. The van der Waals surface area contributed by atoms with Crippen LogP contribution in [0.3, 0.4) is 0 Å². The second kappa shape index (κ2) is 22.5. The van der Waals surface area contributed by atoms with E-state index < -0.39 is 14.0 Å². The van der Waals surface area contributed by atoms with Crippen LogP contribution in [0, 0.1) is 0 Å². The zero-order valence-electron chi connectivity index (χ0n) is 21.1. The van der Waals surface area contributed by atoms with Crippen LogP contribution in [0.25, 0.3) is 0 Å². The minimum atomic E-state index is -1.40. The molecule has 0 spiro atoms. The maximum atomic E-state index is 11.0. The summed E-state index contributed by atoms with van der Waals surface area (Å²) in [5.41, 5.74) is 0. The minimum Gasteiger partial charge on any atom is -0.460 e. The van der Waals surface area contributed by atoms with E-state index in [1.54, 1.807) is 0 Å². The zero-order valence-corrected chi connectivity index (χ0v) is 22.1. The van der Waals surface area contributed by atoms with Gasteiger partial charge in [0.1, 0.15) is 6.61 Å². The lowest BCUT2D eigenvalue weighted by Crippen LogP contribution is -2.40. The summed E-state index contributed by atoms with van der Waals surface area (Å²) in [7, 11) is -1.40. The van der Waals surface area contributed by atoms with Crippen molar-refractivity contribution in [1.82, 2.24) is 0 Å². The molecule has 0 saturated heterocycles. The first-order chi connectivity index (χ1) is 15.1. The lowest BCUT2D eigenvalue weighted by atomic mass is 10.2. The van der Waals surface area contributed by atoms with Crippen molar-refractivity contribution in [1.29, 1.82) is 0 Å². The van der Waals surface area contributed by atoms with Gasteiger partial charge in [-0.2, -0.15) is 0 Å². The van der Waals surface area contributed by atoms with Crippen molar-refractivity contribution >= 4 is 14.0 Å². The molecular weight excluding hydrogens is 404 g/mol. The molecule has 0 aromatic heterocycles. The molecule has 0 N–H and O–H groups in total. The summed E-state index contributed by atoms with van der Waals surface area (Å²) in [6, 6.07) is 4.30. The van der Waals surface area contributed by atoms with E-state index in [9.17, 15) is 4.79 Å². The molecule has 0 aliphatic heterocycles. The highest BCUT2D eigenvalue weighted by atomic mass is 28.3. The van der Waals surface area contributed by atoms with E-state index in [4.69, 9.17) is 14.2 Å². The van der Waals surface area contributed by atoms with Crippen LogP contribution in [-0.2, 0) is 19.0 Å². The maximum absolute atomic E-state index is 11.0.